The van der Waals surface area contributed by atoms with Crippen LogP contribution in [0.5, 0.6) is 0 Å². The summed E-state index contributed by atoms with van der Waals surface area (Å²) >= 11 is 3.36. The Morgan fingerprint density at radius 1 is 1.42 bits per heavy atom. The smallest absolute Gasteiger partial charge is 0.320 e. The van der Waals surface area contributed by atoms with Crippen molar-refractivity contribution >= 4 is 27.7 Å². The van der Waals surface area contributed by atoms with Crippen LogP contribution in [0.25, 0.3) is 0 Å². The first-order valence-electron chi connectivity index (χ1n) is 6.51. The highest BCUT2D eigenvalue weighted by Gasteiger charge is 2.51. The SMILES string of the molecule is CCOC(=O)C1(CCCBr)Cc2ccccc2C1=O. The van der Waals surface area contributed by atoms with Crippen LogP contribution in [0.3, 0.4) is 0 Å². The van der Waals surface area contributed by atoms with Gasteiger partial charge in [-0.1, -0.05) is 40.2 Å². The van der Waals surface area contributed by atoms with Crippen molar-refractivity contribution in [3.8, 4) is 0 Å². The summed E-state index contributed by atoms with van der Waals surface area (Å²) in [6.07, 6.45) is 1.77. The van der Waals surface area contributed by atoms with Gasteiger partial charge < -0.3 is 4.74 Å². The van der Waals surface area contributed by atoms with E-state index in [4.69, 9.17) is 4.74 Å². The zero-order valence-corrected chi connectivity index (χ0v) is 12.5. The van der Waals surface area contributed by atoms with Gasteiger partial charge >= 0.3 is 5.97 Å². The fourth-order valence-corrected chi connectivity index (χ4v) is 2.95. The van der Waals surface area contributed by atoms with Crippen LogP contribution in [0.4, 0.5) is 0 Å². The third kappa shape index (κ3) is 2.46. The van der Waals surface area contributed by atoms with E-state index in [1.54, 1.807) is 13.0 Å². The molecular weight excluding hydrogens is 308 g/mol. The summed E-state index contributed by atoms with van der Waals surface area (Å²) in [5.41, 5.74) is 0.619. The Kier molecular flexibility index (Phi) is 4.40. The number of ketones is 1. The highest BCUT2D eigenvalue weighted by Crippen LogP contribution is 2.41. The lowest BCUT2D eigenvalue weighted by molar-refractivity contribution is -0.152. The summed E-state index contributed by atoms with van der Waals surface area (Å²) in [5, 5.41) is 0.776. The van der Waals surface area contributed by atoms with E-state index < -0.39 is 5.41 Å². The molecule has 1 aliphatic rings. The first-order valence-corrected chi connectivity index (χ1v) is 7.63. The average Bonchev–Trinajstić information content (AvgIpc) is 2.71. The Hall–Kier alpha value is -1.16. The molecule has 0 fully saturated rings. The van der Waals surface area contributed by atoms with Gasteiger partial charge in [0.15, 0.2) is 5.78 Å². The van der Waals surface area contributed by atoms with E-state index in [2.05, 4.69) is 15.9 Å². The molecule has 2 rings (SSSR count). The molecule has 0 bridgehead atoms. The largest absolute Gasteiger partial charge is 0.465 e. The second-order valence-electron chi connectivity index (χ2n) is 4.76. The van der Waals surface area contributed by atoms with Crippen LogP contribution >= 0.6 is 15.9 Å². The number of carbonyl (C=O) groups excluding carboxylic acids is 2. The molecule has 1 unspecified atom stereocenters. The molecule has 1 atom stereocenters. The molecule has 19 heavy (non-hydrogen) atoms. The molecule has 0 heterocycles. The molecule has 0 spiro atoms. The van der Waals surface area contributed by atoms with Crippen LogP contribution in [0.2, 0.25) is 0 Å². The predicted molar refractivity (Wildman–Crippen MR) is 76.6 cm³/mol. The third-order valence-electron chi connectivity index (χ3n) is 3.59. The molecule has 0 radical (unpaired) electrons. The lowest BCUT2D eigenvalue weighted by atomic mass is 9.79. The van der Waals surface area contributed by atoms with Gasteiger partial charge in [0.1, 0.15) is 5.41 Å². The van der Waals surface area contributed by atoms with E-state index in [0.29, 0.717) is 25.0 Å². The molecule has 0 aliphatic heterocycles. The summed E-state index contributed by atoms with van der Waals surface area (Å²) in [6.45, 7) is 2.07. The fraction of sp³-hybridized carbons (Fsp3) is 0.467. The van der Waals surface area contributed by atoms with E-state index in [0.717, 1.165) is 17.3 Å². The fourth-order valence-electron chi connectivity index (χ4n) is 2.67. The van der Waals surface area contributed by atoms with E-state index >= 15 is 0 Å². The number of esters is 1. The molecule has 1 aromatic carbocycles. The summed E-state index contributed by atoms with van der Waals surface area (Å²) in [7, 11) is 0. The van der Waals surface area contributed by atoms with Crippen molar-refractivity contribution in [1.29, 1.82) is 0 Å². The Morgan fingerprint density at radius 3 is 2.79 bits per heavy atom. The molecule has 0 saturated heterocycles. The maximum atomic E-state index is 12.6. The van der Waals surface area contributed by atoms with Crippen LogP contribution in [0.1, 0.15) is 35.7 Å². The van der Waals surface area contributed by atoms with Crippen molar-refractivity contribution in [2.45, 2.75) is 26.2 Å². The minimum atomic E-state index is -1.01. The van der Waals surface area contributed by atoms with Crippen molar-refractivity contribution in [2.24, 2.45) is 5.41 Å². The number of halogens is 1. The Bertz CT molecular complexity index is 498. The monoisotopic (exact) mass is 324 g/mol. The van der Waals surface area contributed by atoms with Crippen LogP contribution < -0.4 is 0 Å². The van der Waals surface area contributed by atoms with Crippen molar-refractivity contribution in [3.63, 3.8) is 0 Å². The van der Waals surface area contributed by atoms with Gasteiger partial charge in [0.05, 0.1) is 6.61 Å². The molecule has 0 saturated carbocycles. The topological polar surface area (TPSA) is 43.4 Å². The molecule has 102 valence electrons. The number of hydrogen-bond donors (Lipinski definition) is 0. The third-order valence-corrected chi connectivity index (χ3v) is 4.15. The molecular formula is C15H17BrO3. The number of alkyl halides is 1. The van der Waals surface area contributed by atoms with Crippen LogP contribution in [0, 0.1) is 5.41 Å². The number of Topliss-reactive ketones (excluding diaryl/α,β-unsaturated/α-hetero) is 1. The number of carbonyl (C=O) groups is 2. The van der Waals surface area contributed by atoms with E-state index in [-0.39, 0.29) is 11.8 Å². The molecule has 0 N–H and O–H groups in total. The van der Waals surface area contributed by atoms with Gasteiger partial charge in [0.2, 0.25) is 0 Å². The summed E-state index contributed by atoms with van der Waals surface area (Å²) in [5.74, 6) is -0.459. The maximum absolute atomic E-state index is 12.6. The second-order valence-corrected chi connectivity index (χ2v) is 5.55. The maximum Gasteiger partial charge on any atom is 0.320 e. The van der Waals surface area contributed by atoms with Gasteiger partial charge in [0, 0.05) is 10.9 Å². The minimum Gasteiger partial charge on any atom is -0.465 e. The lowest BCUT2D eigenvalue weighted by Crippen LogP contribution is -2.39. The standard InChI is InChI=1S/C15H17BrO3/c1-2-19-14(18)15(8-5-9-16)10-11-6-3-4-7-12(11)13(15)17/h3-4,6-7H,2,5,8-10H2,1H3. The Labute approximate surface area is 121 Å². The number of fused-ring (bicyclic) bond motifs is 1. The first-order chi connectivity index (χ1) is 9.15. The quantitative estimate of drug-likeness (QED) is 0.474. The van der Waals surface area contributed by atoms with E-state index in [1.165, 1.54) is 0 Å². The molecule has 1 aromatic rings. The van der Waals surface area contributed by atoms with Gasteiger partial charge in [-0.15, -0.1) is 0 Å². The summed E-state index contributed by atoms with van der Waals surface area (Å²) in [6, 6.07) is 7.45. The molecule has 0 amide bonds. The summed E-state index contributed by atoms with van der Waals surface area (Å²) < 4.78 is 5.15. The van der Waals surface area contributed by atoms with Crippen molar-refractivity contribution < 1.29 is 14.3 Å². The van der Waals surface area contributed by atoms with E-state index in [9.17, 15) is 9.59 Å². The van der Waals surface area contributed by atoms with Crippen molar-refractivity contribution in [1.82, 2.24) is 0 Å². The number of hydrogen-bond acceptors (Lipinski definition) is 3. The molecule has 4 heteroatoms. The number of benzene rings is 1. The van der Waals surface area contributed by atoms with Crippen LogP contribution in [-0.2, 0) is 16.0 Å². The number of ether oxygens (including phenoxy) is 1. The minimum absolute atomic E-state index is 0.0810. The van der Waals surface area contributed by atoms with E-state index in [1.807, 2.05) is 18.2 Å². The Morgan fingerprint density at radius 2 is 2.16 bits per heavy atom. The Balaban J connectivity index is 2.36. The predicted octanol–water partition coefficient (Wildman–Crippen LogP) is 3.15. The van der Waals surface area contributed by atoms with Crippen molar-refractivity contribution in [2.75, 3.05) is 11.9 Å². The molecule has 0 aromatic heterocycles. The van der Waals surface area contributed by atoms with Gasteiger partial charge in [-0.25, -0.2) is 0 Å². The number of rotatable bonds is 5. The van der Waals surface area contributed by atoms with Gasteiger partial charge in [-0.3, -0.25) is 9.59 Å². The van der Waals surface area contributed by atoms with Gasteiger partial charge in [-0.05, 0) is 31.7 Å². The van der Waals surface area contributed by atoms with Crippen molar-refractivity contribution in [3.05, 3.63) is 35.4 Å². The molecule has 1 aliphatic carbocycles. The van der Waals surface area contributed by atoms with Crippen LogP contribution in [0.15, 0.2) is 24.3 Å². The normalized spacial score (nSPS) is 21.3. The first kappa shape index (κ1) is 14.3. The van der Waals surface area contributed by atoms with Gasteiger partial charge in [-0.2, -0.15) is 0 Å². The van der Waals surface area contributed by atoms with Gasteiger partial charge in [0.25, 0.3) is 0 Å². The second kappa shape index (κ2) is 5.87. The lowest BCUT2D eigenvalue weighted by Gasteiger charge is -2.24. The zero-order chi connectivity index (χ0) is 13.9. The van der Waals surface area contributed by atoms with Crippen LogP contribution in [-0.4, -0.2) is 23.7 Å². The molecule has 3 nitrogen and oxygen atoms in total. The highest BCUT2D eigenvalue weighted by molar-refractivity contribution is 9.09. The zero-order valence-electron chi connectivity index (χ0n) is 10.9. The average molecular weight is 325 g/mol. The summed E-state index contributed by atoms with van der Waals surface area (Å²) in [4.78, 5) is 24.9. The highest BCUT2D eigenvalue weighted by atomic mass is 79.9.